The lowest BCUT2D eigenvalue weighted by atomic mass is 10.2. The second-order valence-electron chi connectivity index (χ2n) is 5.88. The lowest BCUT2D eigenvalue weighted by Gasteiger charge is -2.35. The van der Waals surface area contributed by atoms with Gasteiger partial charge in [-0.1, -0.05) is 0 Å². The molecule has 4 heterocycles. The van der Waals surface area contributed by atoms with Gasteiger partial charge in [-0.25, -0.2) is 4.98 Å². The molecule has 1 aliphatic heterocycles. The fourth-order valence-electron chi connectivity index (χ4n) is 3.07. The van der Waals surface area contributed by atoms with Crippen LogP contribution in [0.2, 0.25) is 0 Å². The second-order valence-corrected chi connectivity index (χ2v) is 6.76. The van der Waals surface area contributed by atoms with Gasteiger partial charge in [0.2, 0.25) is 5.88 Å². The molecular weight excluding hydrogens is 324 g/mol. The van der Waals surface area contributed by atoms with Crippen LogP contribution in [0.4, 0.5) is 5.82 Å². The number of piperazine rings is 1. The maximum absolute atomic E-state index is 5.16. The lowest BCUT2D eigenvalue weighted by Crippen LogP contribution is -2.46. The first-order valence-electron chi connectivity index (χ1n) is 7.99. The van der Waals surface area contributed by atoms with Gasteiger partial charge in [0.15, 0.2) is 10.8 Å². The van der Waals surface area contributed by atoms with Crippen LogP contribution in [0.5, 0.6) is 5.88 Å². The summed E-state index contributed by atoms with van der Waals surface area (Å²) < 4.78 is 7.37. The number of thiazole rings is 1. The summed E-state index contributed by atoms with van der Waals surface area (Å²) in [7, 11) is 1.62. The summed E-state index contributed by atoms with van der Waals surface area (Å²) in [6.45, 7) is 6.89. The Hall–Kier alpha value is -2.19. The monoisotopic (exact) mass is 344 g/mol. The number of fused-ring (bicyclic) bond motifs is 1. The van der Waals surface area contributed by atoms with E-state index in [1.165, 1.54) is 5.69 Å². The highest BCUT2D eigenvalue weighted by Crippen LogP contribution is 2.20. The van der Waals surface area contributed by atoms with Gasteiger partial charge in [-0.05, 0) is 6.92 Å². The predicted octanol–water partition coefficient (Wildman–Crippen LogP) is 1.83. The third-order valence-corrected chi connectivity index (χ3v) is 5.20. The van der Waals surface area contributed by atoms with Crippen LogP contribution in [0.15, 0.2) is 24.0 Å². The van der Waals surface area contributed by atoms with Gasteiger partial charge in [0.05, 0.1) is 30.9 Å². The number of anilines is 1. The quantitative estimate of drug-likeness (QED) is 0.720. The van der Waals surface area contributed by atoms with Crippen LogP contribution in [0, 0.1) is 6.92 Å². The highest BCUT2D eigenvalue weighted by Gasteiger charge is 2.21. The zero-order valence-electron chi connectivity index (χ0n) is 13.8. The Morgan fingerprint density at radius 2 is 2.00 bits per heavy atom. The molecule has 1 fully saturated rings. The lowest BCUT2D eigenvalue weighted by molar-refractivity contribution is 0.245. The van der Waals surface area contributed by atoms with Crippen LogP contribution < -0.4 is 9.64 Å². The van der Waals surface area contributed by atoms with Crippen LogP contribution in [-0.2, 0) is 6.54 Å². The van der Waals surface area contributed by atoms with Crippen molar-refractivity contribution in [2.75, 3.05) is 38.2 Å². The van der Waals surface area contributed by atoms with E-state index in [-0.39, 0.29) is 0 Å². The normalized spacial score (nSPS) is 16.0. The zero-order chi connectivity index (χ0) is 16.5. The Morgan fingerprint density at radius 1 is 1.17 bits per heavy atom. The van der Waals surface area contributed by atoms with E-state index in [0.29, 0.717) is 5.88 Å². The zero-order valence-corrected chi connectivity index (χ0v) is 14.7. The van der Waals surface area contributed by atoms with E-state index in [4.69, 9.17) is 4.74 Å². The summed E-state index contributed by atoms with van der Waals surface area (Å²) in [5, 5.41) is 2.09. The van der Waals surface area contributed by atoms with E-state index in [9.17, 15) is 0 Å². The van der Waals surface area contributed by atoms with Crippen molar-refractivity contribution >= 4 is 22.1 Å². The van der Waals surface area contributed by atoms with Gasteiger partial charge in [0, 0.05) is 44.3 Å². The van der Waals surface area contributed by atoms with Crippen molar-refractivity contribution in [2.45, 2.75) is 13.5 Å². The molecule has 0 amide bonds. The average molecular weight is 344 g/mol. The number of ether oxygens (including phenoxy) is 1. The van der Waals surface area contributed by atoms with E-state index in [1.807, 2.05) is 0 Å². The first kappa shape index (κ1) is 15.3. The Bertz CT molecular complexity index is 836. The van der Waals surface area contributed by atoms with E-state index < -0.39 is 0 Å². The van der Waals surface area contributed by atoms with Crippen molar-refractivity contribution < 1.29 is 4.74 Å². The molecule has 0 atom stereocenters. The standard InChI is InChI=1S/C16H20N6OS/c1-12-13(22-7-8-24-16(22)18-12)11-20-3-5-21(6-4-20)14-9-17-10-15(19-14)23-2/h7-10H,3-6,11H2,1-2H3. The van der Waals surface area contributed by atoms with Crippen LogP contribution in [-0.4, -0.2) is 57.5 Å². The molecule has 8 heteroatoms. The topological polar surface area (TPSA) is 58.8 Å². The summed E-state index contributed by atoms with van der Waals surface area (Å²) >= 11 is 1.68. The number of hydrogen-bond acceptors (Lipinski definition) is 7. The molecular formula is C16H20N6OS. The molecule has 0 spiro atoms. The summed E-state index contributed by atoms with van der Waals surface area (Å²) in [5.74, 6) is 1.44. The summed E-state index contributed by atoms with van der Waals surface area (Å²) in [6.07, 6.45) is 5.54. The van der Waals surface area contributed by atoms with Gasteiger partial charge < -0.3 is 9.64 Å². The highest BCUT2D eigenvalue weighted by atomic mass is 32.1. The maximum atomic E-state index is 5.16. The smallest absolute Gasteiger partial charge is 0.233 e. The minimum absolute atomic E-state index is 0.560. The largest absolute Gasteiger partial charge is 0.480 e. The molecule has 0 bridgehead atoms. The third kappa shape index (κ3) is 2.83. The molecule has 3 aromatic heterocycles. The first-order valence-corrected chi connectivity index (χ1v) is 8.87. The van der Waals surface area contributed by atoms with E-state index in [2.05, 4.69) is 47.7 Å². The SMILES string of the molecule is COc1cncc(N2CCN(Cc3c(C)nc4sccn34)CC2)n1. The van der Waals surface area contributed by atoms with Gasteiger partial charge in [-0.3, -0.25) is 14.3 Å². The molecule has 24 heavy (non-hydrogen) atoms. The Kier molecular flexibility index (Phi) is 4.07. The summed E-state index contributed by atoms with van der Waals surface area (Å²) in [4.78, 5) is 19.1. The van der Waals surface area contributed by atoms with Crippen molar-refractivity contribution in [3.8, 4) is 5.88 Å². The molecule has 4 rings (SSSR count). The minimum atomic E-state index is 0.560. The molecule has 7 nitrogen and oxygen atoms in total. The number of hydrogen-bond donors (Lipinski definition) is 0. The fraction of sp³-hybridized carbons (Fsp3) is 0.438. The molecule has 1 saturated heterocycles. The highest BCUT2D eigenvalue weighted by molar-refractivity contribution is 7.15. The van der Waals surface area contributed by atoms with Gasteiger partial charge in [0.1, 0.15) is 0 Å². The molecule has 0 saturated carbocycles. The first-order chi connectivity index (χ1) is 11.7. The Balaban J connectivity index is 1.42. The molecule has 0 radical (unpaired) electrons. The van der Waals surface area contributed by atoms with Crippen LogP contribution in [0.1, 0.15) is 11.4 Å². The molecule has 126 valence electrons. The van der Waals surface area contributed by atoms with Crippen LogP contribution in [0.3, 0.4) is 0 Å². The number of imidazole rings is 1. The molecule has 0 N–H and O–H groups in total. The van der Waals surface area contributed by atoms with Gasteiger partial charge in [0.25, 0.3) is 0 Å². The van der Waals surface area contributed by atoms with Crippen molar-refractivity contribution in [3.63, 3.8) is 0 Å². The predicted molar refractivity (Wildman–Crippen MR) is 93.9 cm³/mol. The minimum Gasteiger partial charge on any atom is -0.480 e. The maximum Gasteiger partial charge on any atom is 0.233 e. The molecule has 0 aromatic carbocycles. The Labute approximate surface area is 144 Å². The van der Waals surface area contributed by atoms with E-state index in [0.717, 1.165) is 49.2 Å². The van der Waals surface area contributed by atoms with Gasteiger partial charge >= 0.3 is 0 Å². The number of aryl methyl sites for hydroxylation is 1. The molecule has 0 aliphatic carbocycles. The van der Waals surface area contributed by atoms with Crippen molar-refractivity contribution in [2.24, 2.45) is 0 Å². The van der Waals surface area contributed by atoms with Crippen molar-refractivity contribution in [1.82, 2.24) is 24.3 Å². The van der Waals surface area contributed by atoms with Crippen molar-refractivity contribution in [1.29, 1.82) is 0 Å². The van der Waals surface area contributed by atoms with E-state index >= 15 is 0 Å². The average Bonchev–Trinajstić information content (AvgIpc) is 3.18. The fourth-order valence-corrected chi connectivity index (χ4v) is 3.85. The number of rotatable bonds is 4. The number of methoxy groups -OCH3 is 1. The van der Waals surface area contributed by atoms with E-state index in [1.54, 1.807) is 30.8 Å². The molecule has 0 unspecified atom stereocenters. The van der Waals surface area contributed by atoms with Crippen LogP contribution >= 0.6 is 11.3 Å². The summed E-state index contributed by atoms with van der Waals surface area (Å²) in [5.41, 5.74) is 2.42. The van der Waals surface area contributed by atoms with Gasteiger partial charge in [-0.15, -0.1) is 11.3 Å². The third-order valence-electron chi connectivity index (χ3n) is 4.44. The second kappa shape index (κ2) is 6.37. The Morgan fingerprint density at radius 3 is 2.79 bits per heavy atom. The van der Waals surface area contributed by atoms with Gasteiger partial charge in [-0.2, -0.15) is 4.98 Å². The molecule has 1 aliphatic rings. The van der Waals surface area contributed by atoms with Crippen LogP contribution in [0.25, 0.3) is 4.96 Å². The summed E-state index contributed by atoms with van der Waals surface area (Å²) in [6, 6.07) is 0. The van der Waals surface area contributed by atoms with Crippen molar-refractivity contribution in [3.05, 3.63) is 35.4 Å². The number of nitrogens with zero attached hydrogens (tertiary/aromatic N) is 6. The molecule has 3 aromatic rings. The number of aromatic nitrogens is 4.